The quantitative estimate of drug-likeness (QED) is 0.0365. The predicted molar refractivity (Wildman–Crippen MR) is 130 cm³/mol. The third-order valence-corrected chi connectivity index (χ3v) is 5.06. The minimum atomic E-state index is -1.53. The molecule has 4 atom stereocenters. The first-order chi connectivity index (χ1) is 16.4. The molecule has 200 valence electrons. The molecule has 0 heterocycles. The first-order valence-electron chi connectivity index (χ1n) is 10.9. The first kappa shape index (κ1) is 31.9. The number of carbonyl (C=O) groups excluding carboxylic acids is 3. The maximum atomic E-state index is 12.8. The summed E-state index contributed by atoms with van der Waals surface area (Å²) in [7, 11) is 0. The van der Waals surface area contributed by atoms with Crippen LogP contribution in [0, 0.1) is 0 Å². The molecule has 0 aromatic carbocycles. The summed E-state index contributed by atoms with van der Waals surface area (Å²) < 4.78 is 0. The van der Waals surface area contributed by atoms with Gasteiger partial charge in [0.25, 0.3) is 0 Å². The van der Waals surface area contributed by atoms with Gasteiger partial charge in [-0.05, 0) is 32.2 Å². The number of nitrogens with zero attached hydrogens (tertiary/aromatic N) is 1. The second-order valence-corrected chi connectivity index (χ2v) is 8.01. The van der Waals surface area contributed by atoms with Gasteiger partial charge < -0.3 is 49.1 Å². The van der Waals surface area contributed by atoms with Gasteiger partial charge in [0.1, 0.15) is 18.1 Å². The van der Waals surface area contributed by atoms with Crippen LogP contribution in [0.3, 0.4) is 0 Å². The Morgan fingerprint density at radius 3 is 1.91 bits per heavy atom. The van der Waals surface area contributed by atoms with Crippen LogP contribution in [0.15, 0.2) is 4.99 Å². The molecule has 0 rings (SSSR count). The van der Waals surface area contributed by atoms with E-state index >= 15 is 0 Å². The molecular formula is C19H36N8O7S. The van der Waals surface area contributed by atoms with Crippen LogP contribution < -0.4 is 38.9 Å². The molecule has 0 radical (unpaired) electrons. The molecule has 0 bridgehead atoms. The van der Waals surface area contributed by atoms with Crippen molar-refractivity contribution in [1.29, 1.82) is 0 Å². The van der Waals surface area contributed by atoms with Gasteiger partial charge in [-0.2, -0.15) is 12.6 Å². The number of amides is 3. The fourth-order valence-electron chi connectivity index (χ4n) is 2.80. The number of carboxylic acid groups (broad SMARTS) is 2. The molecule has 13 N–H and O–H groups in total. The largest absolute Gasteiger partial charge is 0.481 e. The van der Waals surface area contributed by atoms with Crippen LogP contribution in [0.4, 0.5) is 0 Å². The molecule has 0 aliphatic rings. The summed E-state index contributed by atoms with van der Waals surface area (Å²) in [6.45, 7) is 0.533. The summed E-state index contributed by atoms with van der Waals surface area (Å²) in [5.74, 6) is -5.65. The molecule has 0 aromatic heterocycles. The van der Waals surface area contributed by atoms with Crippen molar-refractivity contribution in [3.05, 3.63) is 0 Å². The monoisotopic (exact) mass is 520 g/mol. The predicted octanol–water partition coefficient (Wildman–Crippen LogP) is -3.56. The van der Waals surface area contributed by atoms with Crippen LogP contribution in [-0.4, -0.2) is 88.8 Å². The highest BCUT2D eigenvalue weighted by atomic mass is 32.1. The standard InChI is InChI=1S/C19H36N8O7S/c20-6-2-1-4-10(21)15(30)26-12(8-14(28)29)17(32)25-11(5-3-7-24-19(22)23)16(31)27-13(9-35)18(33)34/h10-13,35H,1-9,20-21H2,(H,25,32)(H,26,30)(H,27,31)(H,28,29)(H,33,34)(H4,22,23,24). The van der Waals surface area contributed by atoms with Crippen molar-refractivity contribution in [3.8, 4) is 0 Å². The molecule has 0 fully saturated rings. The molecule has 3 amide bonds. The molecule has 0 aromatic rings. The van der Waals surface area contributed by atoms with E-state index in [9.17, 15) is 29.1 Å². The van der Waals surface area contributed by atoms with Gasteiger partial charge in [-0.25, -0.2) is 4.79 Å². The number of carbonyl (C=O) groups is 5. The average molecular weight is 521 g/mol. The number of nitrogens with two attached hydrogens (primary N) is 4. The number of hydrogen-bond donors (Lipinski definition) is 10. The number of hydrogen-bond acceptors (Lipinski definition) is 9. The van der Waals surface area contributed by atoms with Crippen LogP contribution in [0.1, 0.15) is 38.5 Å². The van der Waals surface area contributed by atoms with Crippen LogP contribution in [0.2, 0.25) is 0 Å². The normalized spacial score (nSPS) is 14.0. The first-order valence-corrected chi connectivity index (χ1v) is 11.5. The number of carboxylic acids is 2. The van der Waals surface area contributed by atoms with Crippen LogP contribution >= 0.6 is 12.6 Å². The summed E-state index contributed by atoms with van der Waals surface area (Å²) >= 11 is 3.87. The zero-order valence-corrected chi connectivity index (χ0v) is 20.2. The Labute approximate surface area is 208 Å². The van der Waals surface area contributed by atoms with E-state index in [1.807, 2.05) is 0 Å². The van der Waals surface area contributed by atoms with Crippen molar-refractivity contribution in [2.24, 2.45) is 27.9 Å². The van der Waals surface area contributed by atoms with Gasteiger partial charge in [0, 0.05) is 12.3 Å². The lowest BCUT2D eigenvalue weighted by Crippen LogP contribution is -2.57. The van der Waals surface area contributed by atoms with E-state index < -0.39 is 60.2 Å². The maximum absolute atomic E-state index is 12.8. The zero-order valence-electron chi connectivity index (χ0n) is 19.3. The lowest BCUT2D eigenvalue weighted by atomic mass is 10.1. The van der Waals surface area contributed by atoms with Crippen molar-refractivity contribution in [1.82, 2.24) is 16.0 Å². The minimum absolute atomic E-state index is 0.0143. The van der Waals surface area contributed by atoms with Gasteiger partial charge in [-0.15, -0.1) is 0 Å². The number of nitrogens with one attached hydrogen (secondary N) is 3. The number of aliphatic imine (C=N–C) groups is 1. The zero-order chi connectivity index (χ0) is 27.0. The van der Waals surface area contributed by atoms with Gasteiger partial charge in [0.05, 0.1) is 12.5 Å². The number of rotatable bonds is 18. The highest BCUT2D eigenvalue weighted by Crippen LogP contribution is 2.04. The second kappa shape index (κ2) is 17.3. The van der Waals surface area contributed by atoms with Gasteiger partial charge in [0.2, 0.25) is 17.7 Å². The lowest BCUT2D eigenvalue weighted by molar-refractivity contribution is -0.142. The van der Waals surface area contributed by atoms with E-state index in [-0.39, 0.29) is 37.5 Å². The fourth-order valence-corrected chi connectivity index (χ4v) is 3.05. The molecule has 0 aliphatic heterocycles. The molecule has 0 spiro atoms. The molecule has 0 saturated heterocycles. The Balaban J connectivity index is 5.47. The summed E-state index contributed by atoms with van der Waals surface area (Å²) in [5, 5.41) is 25.2. The van der Waals surface area contributed by atoms with E-state index in [0.29, 0.717) is 19.4 Å². The van der Waals surface area contributed by atoms with E-state index in [2.05, 4.69) is 33.6 Å². The lowest BCUT2D eigenvalue weighted by Gasteiger charge is -2.24. The number of thiol groups is 1. The smallest absolute Gasteiger partial charge is 0.327 e. The fraction of sp³-hybridized carbons (Fsp3) is 0.684. The molecule has 0 saturated carbocycles. The molecule has 0 aliphatic carbocycles. The van der Waals surface area contributed by atoms with Crippen LogP contribution in [-0.2, 0) is 24.0 Å². The van der Waals surface area contributed by atoms with Crippen molar-refractivity contribution >= 4 is 48.2 Å². The number of unbranched alkanes of at least 4 members (excludes halogenated alkanes) is 1. The molecule has 35 heavy (non-hydrogen) atoms. The average Bonchev–Trinajstić information content (AvgIpc) is 2.77. The molecule has 4 unspecified atom stereocenters. The molecule has 16 heteroatoms. The van der Waals surface area contributed by atoms with E-state index in [4.69, 9.17) is 28.0 Å². The van der Waals surface area contributed by atoms with Gasteiger partial charge in [-0.1, -0.05) is 6.42 Å². The van der Waals surface area contributed by atoms with Crippen LogP contribution in [0.25, 0.3) is 0 Å². The van der Waals surface area contributed by atoms with Crippen LogP contribution in [0.5, 0.6) is 0 Å². The van der Waals surface area contributed by atoms with Gasteiger partial charge in [-0.3, -0.25) is 24.2 Å². The molecule has 15 nitrogen and oxygen atoms in total. The third-order valence-electron chi connectivity index (χ3n) is 4.69. The van der Waals surface area contributed by atoms with Crippen molar-refractivity contribution in [3.63, 3.8) is 0 Å². The number of aliphatic carboxylic acids is 2. The topological polar surface area (TPSA) is 278 Å². The number of guanidine groups is 1. The Morgan fingerprint density at radius 2 is 1.40 bits per heavy atom. The van der Waals surface area contributed by atoms with Crippen molar-refractivity contribution in [2.75, 3.05) is 18.8 Å². The highest BCUT2D eigenvalue weighted by Gasteiger charge is 2.31. The Kier molecular flexibility index (Phi) is 15.8. The SMILES string of the molecule is NCCCCC(N)C(=O)NC(CC(=O)O)C(=O)NC(CCCN=C(N)N)C(=O)NC(CS)C(=O)O. The second-order valence-electron chi connectivity index (χ2n) is 7.64. The summed E-state index contributed by atoms with van der Waals surface area (Å²) in [5.41, 5.74) is 21.7. The van der Waals surface area contributed by atoms with E-state index in [0.717, 1.165) is 0 Å². The van der Waals surface area contributed by atoms with Gasteiger partial charge in [0.15, 0.2) is 5.96 Å². The van der Waals surface area contributed by atoms with E-state index in [1.54, 1.807) is 0 Å². The third kappa shape index (κ3) is 14.0. The van der Waals surface area contributed by atoms with E-state index in [1.165, 1.54) is 0 Å². The Bertz CT molecular complexity index is 763. The van der Waals surface area contributed by atoms with Gasteiger partial charge >= 0.3 is 11.9 Å². The van der Waals surface area contributed by atoms with Crippen molar-refractivity contribution in [2.45, 2.75) is 62.7 Å². The summed E-state index contributed by atoms with van der Waals surface area (Å²) in [6.07, 6.45) is 0.913. The summed E-state index contributed by atoms with van der Waals surface area (Å²) in [6, 6.07) is -5.13. The minimum Gasteiger partial charge on any atom is -0.481 e. The molecular weight excluding hydrogens is 484 g/mol. The maximum Gasteiger partial charge on any atom is 0.327 e. The highest BCUT2D eigenvalue weighted by molar-refractivity contribution is 7.80. The Morgan fingerprint density at radius 1 is 0.829 bits per heavy atom. The Hall–Kier alpha value is -3.11. The van der Waals surface area contributed by atoms with Crippen molar-refractivity contribution < 1.29 is 34.2 Å². The summed E-state index contributed by atoms with van der Waals surface area (Å²) in [4.78, 5) is 64.1.